The van der Waals surface area contributed by atoms with Crippen molar-refractivity contribution in [1.29, 1.82) is 0 Å². The van der Waals surface area contributed by atoms with Gasteiger partial charge in [-0.2, -0.15) is 0 Å². The minimum Gasteiger partial charge on any atom is -0.369 e. The Kier molecular flexibility index (Phi) is 11.9. The van der Waals surface area contributed by atoms with E-state index < -0.39 is 0 Å². The summed E-state index contributed by atoms with van der Waals surface area (Å²) >= 11 is 0. The average molecular weight is 197 g/mol. The molecule has 0 aromatic rings. The Hall–Kier alpha value is -0.720. The normalized spacial score (nSPS) is 8.42. The molecule has 6 nitrogen and oxygen atoms in total. The maximum atomic E-state index is 5.24. The molecule has 74 valence electrons. The molecule has 0 atom stereocenters. The number of nitrogens with zero attached hydrogens (tertiary/aromatic N) is 1. The summed E-state index contributed by atoms with van der Waals surface area (Å²) in [6, 6.07) is 0. The van der Waals surface area contributed by atoms with Crippen LogP contribution in [0.1, 0.15) is 0 Å². The summed E-state index contributed by atoms with van der Waals surface area (Å²) < 4.78 is 0. The number of hydrogen-bond acceptors (Lipinski definition) is 4. The Morgan fingerprint density at radius 2 is 1.83 bits per heavy atom. The molecule has 0 radical (unpaired) electrons. The Morgan fingerprint density at radius 1 is 1.17 bits per heavy atom. The third-order valence-corrected chi connectivity index (χ3v) is 0.943. The fraction of sp³-hybridized carbons (Fsp3) is 0.800. The molecule has 0 saturated carbocycles. The van der Waals surface area contributed by atoms with E-state index in [0.717, 1.165) is 13.1 Å². The summed E-state index contributed by atoms with van der Waals surface area (Å²) in [6.07, 6.45) is 0. The van der Waals surface area contributed by atoms with Crippen LogP contribution >= 0.6 is 12.4 Å². The van der Waals surface area contributed by atoms with Gasteiger partial charge in [-0.15, -0.1) is 17.5 Å². The number of hydrogen-bond donors (Lipinski definition) is 5. The number of guanidine groups is 1. The van der Waals surface area contributed by atoms with Crippen molar-refractivity contribution in [1.82, 2.24) is 10.7 Å². The molecule has 0 unspecified atom stereocenters. The van der Waals surface area contributed by atoms with Crippen molar-refractivity contribution in [3.05, 3.63) is 0 Å². The number of hydrazone groups is 1. The second-order valence-corrected chi connectivity index (χ2v) is 1.98. The summed E-state index contributed by atoms with van der Waals surface area (Å²) in [6.45, 7) is 2.94. The van der Waals surface area contributed by atoms with Crippen molar-refractivity contribution in [3.63, 3.8) is 0 Å². The molecule has 0 fully saturated rings. The molecule has 0 amide bonds. The van der Waals surface area contributed by atoms with Crippen molar-refractivity contribution in [2.24, 2.45) is 22.3 Å². The van der Waals surface area contributed by atoms with E-state index in [4.69, 9.17) is 17.2 Å². The van der Waals surface area contributed by atoms with Gasteiger partial charge in [0.15, 0.2) is 0 Å². The SMILES string of the molecule is Cl.NCCNCCNN=C(N)N. The van der Waals surface area contributed by atoms with Crippen molar-refractivity contribution >= 4 is 18.4 Å². The molecule has 0 aromatic carbocycles. The van der Waals surface area contributed by atoms with Crippen molar-refractivity contribution < 1.29 is 0 Å². The van der Waals surface area contributed by atoms with E-state index in [0.29, 0.717) is 13.1 Å². The lowest BCUT2D eigenvalue weighted by Crippen LogP contribution is -2.31. The summed E-state index contributed by atoms with van der Waals surface area (Å²) in [5.74, 6) is 0.0452. The topological polar surface area (TPSA) is 114 Å². The van der Waals surface area contributed by atoms with Crippen molar-refractivity contribution in [2.75, 3.05) is 26.2 Å². The van der Waals surface area contributed by atoms with Gasteiger partial charge in [0.1, 0.15) is 0 Å². The summed E-state index contributed by atoms with van der Waals surface area (Å²) in [5.41, 5.74) is 18.0. The van der Waals surface area contributed by atoms with Gasteiger partial charge in [0.05, 0.1) is 0 Å². The highest BCUT2D eigenvalue weighted by Gasteiger charge is 1.83. The molecule has 0 rings (SSSR count). The first-order chi connectivity index (χ1) is 5.27. The first-order valence-corrected chi connectivity index (χ1v) is 3.49. The first-order valence-electron chi connectivity index (χ1n) is 3.49. The van der Waals surface area contributed by atoms with Gasteiger partial charge in [-0.05, 0) is 0 Å². The van der Waals surface area contributed by atoms with Crippen LogP contribution in [-0.2, 0) is 0 Å². The maximum absolute atomic E-state index is 5.24. The quantitative estimate of drug-likeness (QED) is 0.142. The van der Waals surface area contributed by atoms with Crippen LogP contribution in [0.4, 0.5) is 0 Å². The second-order valence-electron chi connectivity index (χ2n) is 1.98. The van der Waals surface area contributed by atoms with Crippen LogP contribution in [-0.4, -0.2) is 32.1 Å². The summed E-state index contributed by atoms with van der Waals surface area (Å²) in [5, 5.41) is 6.64. The molecule has 0 bridgehead atoms. The highest BCUT2D eigenvalue weighted by atomic mass is 35.5. The molecule has 0 aliphatic rings. The van der Waals surface area contributed by atoms with Crippen LogP contribution in [0.15, 0.2) is 5.10 Å². The van der Waals surface area contributed by atoms with Gasteiger partial charge in [-0.3, -0.25) is 0 Å². The van der Waals surface area contributed by atoms with Gasteiger partial charge in [0, 0.05) is 26.2 Å². The lowest BCUT2D eigenvalue weighted by Gasteiger charge is -2.01. The molecule has 7 heteroatoms. The van der Waals surface area contributed by atoms with E-state index in [9.17, 15) is 0 Å². The number of rotatable bonds is 6. The average Bonchev–Trinajstić information content (AvgIpc) is 1.96. The molecular formula is C5H17ClN6. The Labute approximate surface area is 78.3 Å². The van der Waals surface area contributed by atoms with Crippen LogP contribution in [0.3, 0.4) is 0 Å². The van der Waals surface area contributed by atoms with Gasteiger partial charge in [0.2, 0.25) is 5.96 Å². The van der Waals surface area contributed by atoms with E-state index in [-0.39, 0.29) is 18.4 Å². The Balaban J connectivity index is 0. The van der Waals surface area contributed by atoms with E-state index in [1.165, 1.54) is 0 Å². The third kappa shape index (κ3) is 12.0. The van der Waals surface area contributed by atoms with Crippen LogP contribution in [0.5, 0.6) is 0 Å². The number of nitrogens with two attached hydrogens (primary N) is 3. The van der Waals surface area contributed by atoms with Crippen molar-refractivity contribution in [2.45, 2.75) is 0 Å². The van der Waals surface area contributed by atoms with Crippen LogP contribution < -0.4 is 27.9 Å². The van der Waals surface area contributed by atoms with Crippen LogP contribution in [0.2, 0.25) is 0 Å². The van der Waals surface area contributed by atoms with Crippen molar-refractivity contribution in [3.8, 4) is 0 Å². The zero-order chi connectivity index (χ0) is 8.53. The molecule has 0 aromatic heterocycles. The lowest BCUT2D eigenvalue weighted by molar-refractivity contribution is 0.632. The number of halogens is 1. The van der Waals surface area contributed by atoms with Crippen LogP contribution in [0, 0.1) is 0 Å². The molecule has 8 N–H and O–H groups in total. The van der Waals surface area contributed by atoms with Gasteiger partial charge in [0.25, 0.3) is 0 Å². The Morgan fingerprint density at radius 3 is 2.33 bits per heavy atom. The molecule has 0 saturated heterocycles. The zero-order valence-electron chi connectivity index (χ0n) is 6.92. The van der Waals surface area contributed by atoms with E-state index in [1.807, 2.05) is 0 Å². The molecular weight excluding hydrogens is 180 g/mol. The highest BCUT2D eigenvalue weighted by molar-refractivity contribution is 5.85. The summed E-state index contributed by atoms with van der Waals surface area (Å²) in [7, 11) is 0. The van der Waals surface area contributed by atoms with Gasteiger partial charge in [-0.1, -0.05) is 0 Å². The van der Waals surface area contributed by atoms with Gasteiger partial charge < -0.3 is 27.9 Å². The molecule has 0 aliphatic carbocycles. The molecule has 12 heavy (non-hydrogen) atoms. The minimum absolute atomic E-state index is 0. The minimum atomic E-state index is 0. The van der Waals surface area contributed by atoms with Gasteiger partial charge >= 0.3 is 0 Å². The van der Waals surface area contributed by atoms with E-state index in [2.05, 4.69) is 15.8 Å². The molecule has 0 spiro atoms. The summed E-state index contributed by atoms with van der Waals surface area (Å²) in [4.78, 5) is 0. The molecule has 0 heterocycles. The van der Waals surface area contributed by atoms with E-state index in [1.54, 1.807) is 0 Å². The van der Waals surface area contributed by atoms with Crippen LogP contribution in [0.25, 0.3) is 0 Å². The molecule has 0 aliphatic heterocycles. The fourth-order valence-electron chi connectivity index (χ4n) is 0.519. The monoisotopic (exact) mass is 196 g/mol. The second kappa shape index (κ2) is 10.3. The highest BCUT2D eigenvalue weighted by Crippen LogP contribution is 1.58. The maximum Gasteiger partial charge on any atom is 0.208 e. The zero-order valence-corrected chi connectivity index (χ0v) is 7.73. The predicted molar refractivity (Wildman–Crippen MR) is 53.0 cm³/mol. The fourth-order valence-corrected chi connectivity index (χ4v) is 0.519. The van der Waals surface area contributed by atoms with Gasteiger partial charge in [-0.25, -0.2) is 0 Å². The lowest BCUT2D eigenvalue weighted by atomic mass is 10.6. The number of nitrogens with one attached hydrogen (secondary N) is 2. The first kappa shape index (κ1) is 13.8. The standard InChI is InChI=1S/C5H16N6.ClH/c6-1-2-9-3-4-10-11-5(7)8;/h9-10H,1-4,6H2,(H4,7,8,11);1H. The smallest absolute Gasteiger partial charge is 0.208 e. The third-order valence-electron chi connectivity index (χ3n) is 0.943. The largest absolute Gasteiger partial charge is 0.369 e. The predicted octanol–water partition coefficient (Wildman–Crippen LogP) is -2.27. The Bertz CT molecular complexity index is 113. The van der Waals surface area contributed by atoms with E-state index >= 15 is 0 Å².